The maximum atomic E-state index is 13.1. The van der Waals surface area contributed by atoms with E-state index < -0.39 is 15.5 Å². The molecule has 0 aromatic carbocycles. The molecular weight excluding hydrogens is 217 g/mol. The van der Waals surface area contributed by atoms with E-state index in [4.69, 9.17) is 0 Å². The molecule has 0 fully saturated rings. The van der Waals surface area contributed by atoms with E-state index in [9.17, 15) is 14.5 Å². The fourth-order valence-corrected chi connectivity index (χ4v) is 1.26. The second-order valence-corrected chi connectivity index (χ2v) is 3.36. The summed E-state index contributed by atoms with van der Waals surface area (Å²) in [5, 5.41) is 10.2. The molecule has 0 amide bonds. The second-order valence-electron chi connectivity index (χ2n) is 2.15. The first-order valence-corrected chi connectivity index (χ1v) is 3.70. The first-order chi connectivity index (χ1) is 5.04. The predicted octanol–water partition coefficient (Wildman–Crippen LogP) is 1.82. The number of nitro groups is 1. The minimum Gasteiger partial charge on any atom is -0.264 e. The summed E-state index contributed by atoms with van der Waals surface area (Å²) in [5.74, 6) is 0. The number of nitrogens with zero attached hydrogens (tertiary/aromatic N) is 1. The molecule has 0 aromatic heterocycles. The lowest BCUT2D eigenvalue weighted by Gasteiger charge is -2.17. The normalized spacial score (nSPS) is 35.6. The molecule has 0 spiro atoms. The van der Waals surface area contributed by atoms with Gasteiger partial charge in [-0.25, -0.2) is 4.39 Å². The average molecular weight is 222 g/mol. The van der Waals surface area contributed by atoms with Crippen LogP contribution < -0.4 is 0 Å². The number of rotatable bonds is 1. The van der Waals surface area contributed by atoms with Crippen molar-refractivity contribution in [3.05, 3.63) is 34.4 Å². The topological polar surface area (TPSA) is 43.1 Å². The third kappa shape index (κ3) is 1.65. The summed E-state index contributed by atoms with van der Waals surface area (Å²) in [4.78, 5) is 9.55. The minimum atomic E-state index is -2.04. The highest BCUT2D eigenvalue weighted by atomic mass is 79.9. The van der Waals surface area contributed by atoms with Crippen LogP contribution in [-0.2, 0) is 0 Å². The average Bonchev–Trinajstić information content (AvgIpc) is 1.85. The van der Waals surface area contributed by atoms with Gasteiger partial charge >= 0.3 is 0 Å². The van der Waals surface area contributed by atoms with Gasteiger partial charge in [0.15, 0.2) is 0 Å². The van der Waals surface area contributed by atoms with E-state index in [1.165, 1.54) is 18.2 Å². The molecule has 5 heteroatoms. The molecule has 0 saturated carbocycles. The summed E-state index contributed by atoms with van der Waals surface area (Å²) >= 11 is 2.61. The summed E-state index contributed by atoms with van der Waals surface area (Å²) in [7, 11) is 0. The minimum absolute atomic E-state index is 0.672. The SMILES string of the molecule is O=[N+]([O-])C1C=CC=CC1(F)Br. The van der Waals surface area contributed by atoms with E-state index in [1.807, 2.05) is 0 Å². The third-order valence-corrected chi connectivity index (χ3v) is 2.08. The summed E-state index contributed by atoms with van der Waals surface area (Å²) < 4.78 is 11.1. The summed E-state index contributed by atoms with van der Waals surface area (Å²) in [6.45, 7) is 0. The lowest BCUT2D eigenvalue weighted by molar-refractivity contribution is -0.517. The standard InChI is InChI=1S/C6H5BrFNO2/c7-6(8)4-2-1-3-5(6)9(10)11/h1-5H. The Bertz CT molecular complexity index is 237. The monoisotopic (exact) mass is 221 g/mol. The zero-order chi connectivity index (χ0) is 8.48. The van der Waals surface area contributed by atoms with Gasteiger partial charge in [0.1, 0.15) is 0 Å². The van der Waals surface area contributed by atoms with E-state index in [-0.39, 0.29) is 0 Å². The van der Waals surface area contributed by atoms with Crippen LogP contribution in [0, 0.1) is 10.1 Å². The van der Waals surface area contributed by atoms with Gasteiger partial charge in [-0.2, -0.15) is 0 Å². The first kappa shape index (κ1) is 8.39. The van der Waals surface area contributed by atoms with Gasteiger partial charge in [0, 0.05) is 4.92 Å². The number of halogens is 2. The van der Waals surface area contributed by atoms with E-state index >= 15 is 0 Å². The molecule has 0 bridgehead atoms. The maximum absolute atomic E-state index is 13.1. The van der Waals surface area contributed by atoms with Gasteiger partial charge in [0.2, 0.25) is 0 Å². The lowest BCUT2D eigenvalue weighted by Crippen LogP contribution is -2.36. The second kappa shape index (κ2) is 2.73. The van der Waals surface area contributed by atoms with E-state index in [2.05, 4.69) is 15.9 Å². The Balaban J connectivity index is 2.89. The van der Waals surface area contributed by atoms with Crippen LogP contribution in [0.5, 0.6) is 0 Å². The highest BCUT2D eigenvalue weighted by Crippen LogP contribution is 2.31. The molecule has 1 rings (SSSR count). The predicted molar refractivity (Wildman–Crippen MR) is 41.8 cm³/mol. The van der Waals surface area contributed by atoms with Crippen molar-refractivity contribution in [2.24, 2.45) is 0 Å². The molecular formula is C6H5BrFNO2. The Hall–Kier alpha value is -0.710. The van der Waals surface area contributed by atoms with Crippen molar-refractivity contribution in [3.8, 4) is 0 Å². The van der Waals surface area contributed by atoms with Gasteiger partial charge < -0.3 is 0 Å². The van der Waals surface area contributed by atoms with Crippen molar-refractivity contribution in [2.75, 3.05) is 0 Å². The molecule has 0 heterocycles. The highest BCUT2D eigenvalue weighted by Gasteiger charge is 2.42. The number of alkyl halides is 2. The fourth-order valence-electron chi connectivity index (χ4n) is 0.791. The van der Waals surface area contributed by atoms with Crippen molar-refractivity contribution in [2.45, 2.75) is 10.6 Å². The van der Waals surface area contributed by atoms with Crippen molar-refractivity contribution >= 4 is 15.9 Å². The van der Waals surface area contributed by atoms with E-state index in [0.717, 1.165) is 6.08 Å². The van der Waals surface area contributed by atoms with Crippen LogP contribution in [0.1, 0.15) is 0 Å². The first-order valence-electron chi connectivity index (χ1n) is 2.91. The number of allylic oxidation sites excluding steroid dienone is 2. The Kier molecular flexibility index (Phi) is 2.08. The van der Waals surface area contributed by atoms with Gasteiger partial charge in [0.25, 0.3) is 10.6 Å². The van der Waals surface area contributed by atoms with Crippen LogP contribution in [-0.4, -0.2) is 15.5 Å². The van der Waals surface area contributed by atoms with Crippen LogP contribution in [0.25, 0.3) is 0 Å². The Morgan fingerprint density at radius 2 is 2.27 bits per heavy atom. The van der Waals surface area contributed by atoms with Crippen LogP contribution >= 0.6 is 15.9 Å². The van der Waals surface area contributed by atoms with Crippen molar-refractivity contribution < 1.29 is 9.31 Å². The quantitative estimate of drug-likeness (QED) is 0.385. The molecule has 3 nitrogen and oxygen atoms in total. The smallest absolute Gasteiger partial charge is 0.264 e. The molecule has 11 heavy (non-hydrogen) atoms. The molecule has 2 unspecified atom stereocenters. The van der Waals surface area contributed by atoms with Crippen molar-refractivity contribution in [1.82, 2.24) is 0 Å². The Morgan fingerprint density at radius 1 is 1.64 bits per heavy atom. The molecule has 2 atom stereocenters. The molecule has 0 saturated heterocycles. The van der Waals surface area contributed by atoms with Gasteiger partial charge in [-0.05, 0) is 28.1 Å². The van der Waals surface area contributed by atoms with Gasteiger partial charge in [0.05, 0.1) is 0 Å². The zero-order valence-electron chi connectivity index (χ0n) is 5.41. The zero-order valence-corrected chi connectivity index (χ0v) is 6.99. The summed E-state index contributed by atoms with van der Waals surface area (Å²) in [5.41, 5.74) is 0. The molecule has 1 aliphatic carbocycles. The number of hydrogen-bond acceptors (Lipinski definition) is 2. The summed E-state index contributed by atoms with van der Waals surface area (Å²) in [6.07, 6.45) is 5.19. The molecule has 0 aliphatic heterocycles. The third-order valence-electron chi connectivity index (χ3n) is 1.34. The van der Waals surface area contributed by atoms with Crippen LogP contribution in [0.2, 0.25) is 0 Å². The number of hydrogen-bond donors (Lipinski definition) is 0. The molecule has 60 valence electrons. The van der Waals surface area contributed by atoms with E-state index in [0.29, 0.717) is 0 Å². The highest BCUT2D eigenvalue weighted by molar-refractivity contribution is 9.10. The van der Waals surface area contributed by atoms with Gasteiger partial charge in [-0.15, -0.1) is 0 Å². The lowest BCUT2D eigenvalue weighted by atomic mass is 10.1. The molecule has 1 aliphatic rings. The van der Waals surface area contributed by atoms with Crippen LogP contribution in [0.15, 0.2) is 24.3 Å². The maximum Gasteiger partial charge on any atom is 0.278 e. The van der Waals surface area contributed by atoms with Crippen LogP contribution in [0.4, 0.5) is 4.39 Å². The molecule has 0 N–H and O–H groups in total. The van der Waals surface area contributed by atoms with E-state index in [1.54, 1.807) is 0 Å². The van der Waals surface area contributed by atoms with Crippen LogP contribution in [0.3, 0.4) is 0 Å². The molecule has 0 radical (unpaired) electrons. The van der Waals surface area contributed by atoms with Crippen molar-refractivity contribution in [3.63, 3.8) is 0 Å². The van der Waals surface area contributed by atoms with Gasteiger partial charge in [-0.1, -0.05) is 12.2 Å². The summed E-state index contributed by atoms with van der Waals surface area (Å²) in [6, 6.07) is -1.33. The fraction of sp³-hybridized carbons (Fsp3) is 0.333. The Morgan fingerprint density at radius 3 is 2.64 bits per heavy atom. The molecule has 0 aromatic rings. The van der Waals surface area contributed by atoms with Gasteiger partial charge in [-0.3, -0.25) is 10.1 Å². The largest absolute Gasteiger partial charge is 0.278 e. The Labute approximate surface area is 70.9 Å². The van der Waals surface area contributed by atoms with Crippen molar-refractivity contribution in [1.29, 1.82) is 0 Å².